The molecule has 12 rings (SSSR count). The Morgan fingerprint density at radius 1 is 0.338 bits per heavy atom. The number of aryl methyl sites for hydroxylation is 6. The smallest absolute Gasteiger partial charge is 0.159 e. The first kappa shape index (κ1) is 41.8. The van der Waals surface area contributed by atoms with Crippen molar-refractivity contribution in [3.8, 4) is 0 Å². The van der Waals surface area contributed by atoms with E-state index >= 15 is 0 Å². The summed E-state index contributed by atoms with van der Waals surface area (Å²) in [5.41, 5.74) is 19.9. The first-order valence-electron chi connectivity index (χ1n) is 24.2. The molecule has 0 radical (unpaired) electrons. The highest BCUT2D eigenvalue weighted by molar-refractivity contribution is 6.30. The van der Waals surface area contributed by atoms with Crippen molar-refractivity contribution in [2.75, 3.05) is 9.80 Å². The van der Waals surface area contributed by atoms with Crippen molar-refractivity contribution in [3.63, 3.8) is 0 Å². The molecule has 0 saturated heterocycles. The lowest BCUT2D eigenvalue weighted by molar-refractivity contribution is 0.665. The predicted octanol–water partition coefficient (Wildman–Crippen LogP) is 19.4. The van der Waals surface area contributed by atoms with E-state index in [1.54, 1.807) is 0 Å². The van der Waals surface area contributed by atoms with Gasteiger partial charge in [-0.2, -0.15) is 0 Å². The quantitative estimate of drug-likeness (QED) is 0.142. The highest BCUT2D eigenvalue weighted by Crippen LogP contribution is 2.54. The second kappa shape index (κ2) is 15.5. The van der Waals surface area contributed by atoms with Crippen molar-refractivity contribution in [1.82, 2.24) is 0 Å². The van der Waals surface area contributed by atoms with Gasteiger partial charge in [0.15, 0.2) is 11.2 Å². The maximum atomic E-state index is 7.03. The van der Waals surface area contributed by atoms with Gasteiger partial charge in [-0.3, -0.25) is 0 Å². The molecule has 10 aromatic carbocycles. The van der Waals surface area contributed by atoms with Gasteiger partial charge in [-0.25, -0.2) is 0 Å². The third-order valence-corrected chi connectivity index (χ3v) is 14.8. The molecule has 68 heavy (non-hydrogen) atoms. The summed E-state index contributed by atoms with van der Waals surface area (Å²) in [6, 6.07) is 54.5. The van der Waals surface area contributed by atoms with Gasteiger partial charge in [0.1, 0.15) is 11.2 Å². The van der Waals surface area contributed by atoms with Crippen LogP contribution < -0.4 is 9.80 Å². The van der Waals surface area contributed by atoms with Gasteiger partial charge < -0.3 is 18.6 Å². The summed E-state index contributed by atoms with van der Waals surface area (Å²) in [6.45, 7) is 22.4. The summed E-state index contributed by atoms with van der Waals surface area (Å²) in [4.78, 5) is 4.98. The molecule has 0 aliphatic heterocycles. The van der Waals surface area contributed by atoms with Gasteiger partial charge in [-0.05, 0) is 145 Å². The first-order chi connectivity index (χ1) is 32.9. The average molecular weight is 885 g/mol. The summed E-state index contributed by atoms with van der Waals surface area (Å²) >= 11 is 0. The molecule has 0 fully saturated rings. The van der Waals surface area contributed by atoms with Crippen LogP contribution in [0.3, 0.4) is 0 Å². The Bertz CT molecular complexity index is 3720. The zero-order valence-electron chi connectivity index (χ0n) is 40.7. The molecule has 0 unspecified atom stereocenters. The summed E-state index contributed by atoms with van der Waals surface area (Å²) in [5, 5.41) is 12.1. The number of nitrogens with zero attached hydrogens (tertiary/aromatic N) is 2. The standard InChI is InChI=1S/C64H56N2O2/c1-35(2)53-33-55(65(43-23-17-37(5)18-24-43)59-39(7)21-27-49-47-15-11-13-41(9)61(47)67-63(49)59)51-32-30-46-54(36(3)4)34-56(52-31-29-45(53)57(51)58(46)52)66(44-25-19-38(6)20-26-44)60-40(8)22-28-50-48-16-12-14-42(10)62(48)68-64(50)60/h11-36H,1-10H3. The molecule has 2 heterocycles. The maximum absolute atomic E-state index is 7.03. The van der Waals surface area contributed by atoms with Crippen molar-refractivity contribution in [1.29, 1.82) is 0 Å². The molecular weight excluding hydrogens is 829 g/mol. The largest absolute Gasteiger partial charge is 0.454 e. The van der Waals surface area contributed by atoms with Crippen LogP contribution in [0, 0.1) is 41.5 Å². The predicted molar refractivity (Wildman–Crippen MR) is 291 cm³/mol. The van der Waals surface area contributed by atoms with Gasteiger partial charge in [-0.15, -0.1) is 0 Å². The minimum Gasteiger partial charge on any atom is -0.454 e. The fourth-order valence-corrected chi connectivity index (χ4v) is 11.2. The fraction of sp³-hybridized carbons (Fsp3) is 0.188. The van der Waals surface area contributed by atoms with Gasteiger partial charge in [0.2, 0.25) is 0 Å². The Balaban J connectivity index is 1.23. The van der Waals surface area contributed by atoms with Gasteiger partial charge >= 0.3 is 0 Å². The number of para-hydroxylation sites is 2. The Morgan fingerprint density at radius 3 is 1.07 bits per heavy atom. The van der Waals surface area contributed by atoms with E-state index in [0.29, 0.717) is 0 Å². The third-order valence-electron chi connectivity index (χ3n) is 14.8. The highest BCUT2D eigenvalue weighted by Gasteiger charge is 2.30. The molecule has 0 atom stereocenters. The van der Waals surface area contributed by atoms with E-state index in [4.69, 9.17) is 8.83 Å². The summed E-state index contributed by atoms with van der Waals surface area (Å²) < 4.78 is 14.1. The molecule has 0 spiro atoms. The van der Waals surface area contributed by atoms with Crippen molar-refractivity contribution < 1.29 is 8.83 Å². The molecule has 0 aliphatic rings. The second-order valence-corrected chi connectivity index (χ2v) is 20.0. The van der Waals surface area contributed by atoms with Gasteiger partial charge in [0.05, 0.1) is 22.7 Å². The van der Waals surface area contributed by atoms with Crippen LogP contribution in [-0.4, -0.2) is 0 Å². The topological polar surface area (TPSA) is 32.8 Å². The number of hydrogen-bond donors (Lipinski definition) is 0. The highest BCUT2D eigenvalue weighted by atomic mass is 16.3. The maximum Gasteiger partial charge on any atom is 0.159 e. The van der Waals surface area contributed by atoms with E-state index in [-0.39, 0.29) is 11.8 Å². The van der Waals surface area contributed by atoms with E-state index in [2.05, 4.69) is 225 Å². The lowest BCUT2D eigenvalue weighted by atomic mass is 9.84. The van der Waals surface area contributed by atoms with Crippen LogP contribution in [0.1, 0.15) is 84.0 Å². The number of anilines is 6. The van der Waals surface area contributed by atoms with Gasteiger partial charge in [-0.1, -0.05) is 148 Å². The molecule has 2 aromatic heterocycles. The van der Waals surface area contributed by atoms with E-state index in [1.165, 1.54) is 54.6 Å². The molecule has 0 saturated carbocycles. The van der Waals surface area contributed by atoms with Crippen molar-refractivity contribution in [2.24, 2.45) is 0 Å². The van der Waals surface area contributed by atoms with Crippen LogP contribution in [0.25, 0.3) is 76.2 Å². The van der Waals surface area contributed by atoms with Crippen LogP contribution >= 0.6 is 0 Å². The molecule has 4 nitrogen and oxygen atoms in total. The van der Waals surface area contributed by atoms with Crippen molar-refractivity contribution in [2.45, 2.75) is 81.1 Å². The summed E-state index contributed by atoms with van der Waals surface area (Å²) in [5.74, 6) is 0.489. The van der Waals surface area contributed by atoms with Gasteiger partial charge in [0.25, 0.3) is 0 Å². The van der Waals surface area contributed by atoms with E-state index in [0.717, 1.165) is 100 Å². The van der Waals surface area contributed by atoms with E-state index < -0.39 is 0 Å². The van der Waals surface area contributed by atoms with Crippen LogP contribution in [0.2, 0.25) is 0 Å². The minimum atomic E-state index is 0.244. The van der Waals surface area contributed by atoms with Crippen LogP contribution in [0.15, 0.2) is 154 Å². The lowest BCUT2D eigenvalue weighted by Gasteiger charge is -2.32. The van der Waals surface area contributed by atoms with Gasteiger partial charge in [0, 0.05) is 43.7 Å². The van der Waals surface area contributed by atoms with E-state index in [1.807, 2.05) is 0 Å². The lowest BCUT2D eigenvalue weighted by Crippen LogP contribution is -2.14. The first-order valence-corrected chi connectivity index (χ1v) is 24.2. The molecule has 0 aliphatic carbocycles. The molecule has 0 bridgehead atoms. The monoisotopic (exact) mass is 884 g/mol. The Labute approximate surface area is 398 Å². The molecule has 0 N–H and O–H groups in total. The molecule has 0 amide bonds. The molecular formula is C64H56N2O2. The normalized spacial score (nSPS) is 12.2. The average Bonchev–Trinajstić information content (AvgIpc) is 3.91. The Hall–Kier alpha value is -7.56. The third kappa shape index (κ3) is 6.19. The zero-order valence-corrected chi connectivity index (χ0v) is 40.7. The Kier molecular flexibility index (Phi) is 9.54. The van der Waals surface area contributed by atoms with Crippen molar-refractivity contribution in [3.05, 3.63) is 190 Å². The number of benzene rings is 10. The number of furan rings is 2. The number of hydrogen-bond acceptors (Lipinski definition) is 4. The second-order valence-electron chi connectivity index (χ2n) is 20.0. The van der Waals surface area contributed by atoms with Crippen LogP contribution in [0.4, 0.5) is 34.1 Å². The Morgan fingerprint density at radius 2 is 0.691 bits per heavy atom. The summed E-state index contributed by atoms with van der Waals surface area (Å²) in [7, 11) is 0. The molecule has 12 aromatic rings. The van der Waals surface area contributed by atoms with E-state index in [9.17, 15) is 0 Å². The zero-order chi connectivity index (χ0) is 46.9. The number of fused-ring (bicyclic) bond motifs is 6. The van der Waals surface area contributed by atoms with Crippen LogP contribution in [0.5, 0.6) is 0 Å². The SMILES string of the molecule is Cc1ccc(N(c2cc(C(C)C)c3ccc4c(N(c5ccc(C)cc5)c5c(C)ccc6c5oc5c(C)cccc56)cc(C(C)C)c5ccc2c3c54)c2c(C)ccc3c2oc2c(C)cccc23)cc1. The molecule has 334 valence electrons. The molecule has 4 heteroatoms. The van der Waals surface area contributed by atoms with Crippen molar-refractivity contribution >= 4 is 110 Å². The summed E-state index contributed by atoms with van der Waals surface area (Å²) in [6.07, 6.45) is 0. The number of rotatable bonds is 8. The fourth-order valence-electron chi connectivity index (χ4n) is 11.2. The van der Waals surface area contributed by atoms with Crippen LogP contribution in [-0.2, 0) is 0 Å². The minimum absolute atomic E-state index is 0.244.